The highest BCUT2D eigenvalue weighted by Gasteiger charge is 2.06. The van der Waals surface area contributed by atoms with E-state index in [0.29, 0.717) is 23.1 Å². The van der Waals surface area contributed by atoms with Crippen LogP contribution < -0.4 is 15.8 Å². The molecule has 2 aromatic rings. The fourth-order valence-electron chi connectivity index (χ4n) is 1.65. The lowest BCUT2D eigenvalue weighted by Crippen LogP contribution is -1.98. The second kappa shape index (κ2) is 6.17. The normalized spacial score (nSPS) is 10.3. The lowest BCUT2D eigenvalue weighted by molar-refractivity contribution is 0.342. The van der Waals surface area contributed by atoms with Crippen LogP contribution >= 0.6 is 27.5 Å². The van der Waals surface area contributed by atoms with Crippen LogP contribution in [0.4, 0.5) is 17.1 Å². The molecule has 0 heterocycles. The van der Waals surface area contributed by atoms with Crippen molar-refractivity contribution in [2.75, 3.05) is 17.7 Å². The first kappa shape index (κ1) is 14.0. The maximum absolute atomic E-state index is 6.05. The lowest BCUT2D eigenvalue weighted by atomic mass is 10.2. The Morgan fingerprint density at radius 1 is 1.32 bits per heavy atom. The van der Waals surface area contributed by atoms with Gasteiger partial charge in [-0.25, -0.2) is 0 Å². The van der Waals surface area contributed by atoms with E-state index in [-0.39, 0.29) is 0 Å². The summed E-state index contributed by atoms with van der Waals surface area (Å²) in [7, 11) is 0. The summed E-state index contributed by atoms with van der Waals surface area (Å²) in [5.74, 6) is 0.672. The number of nitrogens with two attached hydrogens (primary N) is 1. The molecule has 2 aromatic carbocycles. The molecule has 0 amide bonds. The van der Waals surface area contributed by atoms with Crippen LogP contribution in [-0.4, -0.2) is 6.61 Å². The van der Waals surface area contributed by atoms with Crippen molar-refractivity contribution in [1.29, 1.82) is 0 Å². The molecule has 100 valence electrons. The van der Waals surface area contributed by atoms with Gasteiger partial charge in [-0.1, -0.05) is 17.7 Å². The van der Waals surface area contributed by atoms with Crippen LogP contribution in [0.2, 0.25) is 5.02 Å². The van der Waals surface area contributed by atoms with Gasteiger partial charge < -0.3 is 15.8 Å². The van der Waals surface area contributed by atoms with Crippen LogP contribution in [0, 0.1) is 0 Å². The number of nitrogen functional groups attached to an aromatic ring is 1. The quantitative estimate of drug-likeness (QED) is 0.783. The first-order valence-electron chi connectivity index (χ1n) is 5.85. The smallest absolute Gasteiger partial charge is 0.144 e. The van der Waals surface area contributed by atoms with E-state index in [4.69, 9.17) is 22.1 Å². The molecule has 0 saturated heterocycles. The summed E-state index contributed by atoms with van der Waals surface area (Å²) in [6, 6.07) is 11.2. The summed E-state index contributed by atoms with van der Waals surface area (Å²) >= 11 is 9.51. The molecule has 0 aliphatic carbocycles. The fourth-order valence-corrected chi connectivity index (χ4v) is 2.19. The molecular weight excluding hydrogens is 328 g/mol. The van der Waals surface area contributed by atoms with Crippen molar-refractivity contribution >= 4 is 44.6 Å². The predicted octanol–water partition coefficient (Wildman–Crippen LogP) is 4.83. The largest absolute Gasteiger partial charge is 0.492 e. The van der Waals surface area contributed by atoms with Gasteiger partial charge in [0, 0.05) is 11.8 Å². The second-order valence-electron chi connectivity index (χ2n) is 3.91. The number of anilines is 3. The highest BCUT2D eigenvalue weighted by Crippen LogP contribution is 2.33. The van der Waals surface area contributed by atoms with E-state index in [1.807, 2.05) is 43.3 Å². The van der Waals surface area contributed by atoms with Crippen LogP contribution in [0.3, 0.4) is 0 Å². The van der Waals surface area contributed by atoms with Crippen molar-refractivity contribution in [3.05, 3.63) is 45.9 Å². The second-order valence-corrected chi connectivity index (χ2v) is 5.11. The van der Waals surface area contributed by atoms with Gasteiger partial charge in [0.2, 0.25) is 0 Å². The standard InChI is InChI=1S/C14H14BrClN2O/c1-2-19-13-8-9(6-7-11(13)17)18-12-5-3-4-10(16)14(12)15/h3-8,18H,2,17H2,1H3. The van der Waals surface area contributed by atoms with E-state index in [0.717, 1.165) is 15.8 Å². The molecule has 0 saturated carbocycles. The molecular formula is C14H14BrClN2O. The molecule has 0 aromatic heterocycles. The lowest BCUT2D eigenvalue weighted by Gasteiger charge is -2.12. The highest BCUT2D eigenvalue weighted by molar-refractivity contribution is 9.10. The van der Waals surface area contributed by atoms with E-state index < -0.39 is 0 Å². The van der Waals surface area contributed by atoms with Crippen molar-refractivity contribution < 1.29 is 4.74 Å². The summed E-state index contributed by atoms with van der Waals surface area (Å²) in [5.41, 5.74) is 8.24. The number of hydrogen-bond donors (Lipinski definition) is 2. The van der Waals surface area contributed by atoms with Crippen LogP contribution in [0.15, 0.2) is 40.9 Å². The van der Waals surface area contributed by atoms with E-state index in [9.17, 15) is 0 Å². The van der Waals surface area contributed by atoms with Crippen molar-refractivity contribution in [2.24, 2.45) is 0 Å². The molecule has 0 fully saturated rings. The maximum Gasteiger partial charge on any atom is 0.144 e. The first-order valence-corrected chi connectivity index (χ1v) is 7.02. The Labute approximate surface area is 125 Å². The predicted molar refractivity (Wildman–Crippen MR) is 84.5 cm³/mol. The summed E-state index contributed by atoms with van der Waals surface area (Å²) in [6.45, 7) is 2.50. The van der Waals surface area contributed by atoms with Gasteiger partial charge in [0.05, 0.1) is 27.5 Å². The Balaban J connectivity index is 2.28. The molecule has 0 aliphatic heterocycles. The van der Waals surface area contributed by atoms with Gasteiger partial charge in [0.25, 0.3) is 0 Å². The molecule has 5 heteroatoms. The van der Waals surface area contributed by atoms with Gasteiger partial charge in [-0.2, -0.15) is 0 Å². The molecule has 0 bridgehead atoms. The summed E-state index contributed by atoms with van der Waals surface area (Å²) in [5, 5.41) is 3.93. The minimum atomic E-state index is 0.578. The van der Waals surface area contributed by atoms with Crippen LogP contribution in [0.1, 0.15) is 6.92 Å². The minimum Gasteiger partial charge on any atom is -0.492 e. The van der Waals surface area contributed by atoms with Crippen LogP contribution in [0.5, 0.6) is 5.75 Å². The average molecular weight is 342 g/mol. The van der Waals surface area contributed by atoms with Gasteiger partial charge >= 0.3 is 0 Å². The van der Waals surface area contributed by atoms with Crippen molar-refractivity contribution in [3.8, 4) is 5.75 Å². The average Bonchev–Trinajstić information content (AvgIpc) is 2.39. The number of rotatable bonds is 4. The number of nitrogens with one attached hydrogen (secondary N) is 1. The van der Waals surface area contributed by atoms with E-state index in [1.54, 1.807) is 0 Å². The first-order chi connectivity index (χ1) is 9.11. The third kappa shape index (κ3) is 3.33. The molecule has 2 rings (SSSR count). The van der Waals surface area contributed by atoms with Gasteiger partial charge in [0.15, 0.2) is 0 Å². The topological polar surface area (TPSA) is 47.3 Å². The zero-order valence-corrected chi connectivity index (χ0v) is 12.8. The van der Waals surface area contributed by atoms with E-state index >= 15 is 0 Å². The number of halogens is 2. The maximum atomic E-state index is 6.05. The van der Waals surface area contributed by atoms with Gasteiger partial charge in [-0.05, 0) is 47.1 Å². The zero-order chi connectivity index (χ0) is 13.8. The SMILES string of the molecule is CCOc1cc(Nc2cccc(Cl)c2Br)ccc1N. The Kier molecular flexibility index (Phi) is 4.56. The molecule has 0 atom stereocenters. The molecule has 0 unspecified atom stereocenters. The Morgan fingerprint density at radius 2 is 2.11 bits per heavy atom. The molecule has 0 radical (unpaired) electrons. The Hall–Kier alpha value is -1.39. The fraction of sp³-hybridized carbons (Fsp3) is 0.143. The van der Waals surface area contributed by atoms with E-state index in [1.165, 1.54) is 0 Å². The number of benzene rings is 2. The van der Waals surface area contributed by atoms with Crippen molar-refractivity contribution in [1.82, 2.24) is 0 Å². The summed E-state index contributed by atoms with van der Waals surface area (Å²) in [4.78, 5) is 0. The number of hydrogen-bond acceptors (Lipinski definition) is 3. The van der Waals surface area contributed by atoms with E-state index in [2.05, 4.69) is 21.2 Å². The van der Waals surface area contributed by atoms with Crippen molar-refractivity contribution in [2.45, 2.75) is 6.92 Å². The summed E-state index contributed by atoms with van der Waals surface area (Å²) in [6.07, 6.45) is 0. The third-order valence-corrected chi connectivity index (χ3v) is 3.94. The van der Waals surface area contributed by atoms with Gasteiger partial charge in [-0.3, -0.25) is 0 Å². The molecule has 19 heavy (non-hydrogen) atoms. The van der Waals surface area contributed by atoms with Gasteiger partial charge in [0.1, 0.15) is 5.75 Å². The minimum absolute atomic E-state index is 0.578. The Morgan fingerprint density at radius 3 is 2.84 bits per heavy atom. The molecule has 0 spiro atoms. The van der Waals surface area contributed by atoms with Crippen LogP contribution in [-0.2, 0) is 0 Å². The number of ether oxygens (including phenoxy) is 1. The molecule has 3 N–H and O–H groups in total. The highest BCUT2D eigenvalue weighted by atomic mass is 79.9. The van der Waals surface area contributed by atoms with Crippen molar-refractivity contribution in [3.63, 3.8) is 0 Å². The molecule has 3 nitrogen and oxygen atoms in total. The van der Waals surface area contributed by atoms with Gasteiger partial charge in [-0.15, -0.1) is 0 Å². The zero-order valence-electron chi connectivity index (χ0n) is 10.4. The third-order valence-electron chi connectivity index (χ3n) is 2.54. The Bertz CT molecular complexity index is 590. The van der Waals surface area contributed by atoms with Crippen LogP contribution in [0.25, 0.3) is 0 Å². The molecule has 0 aliphatic rings. The monoisotopic (exact) mass is 340 g/mol. The summed E-state index contributed by atoms with van der Waals surface area (Å²) < 4.78 is 6.29.